The molecule has 6 N–H and O–H groups in total. The van der Waals surface area contributed by atoms with Crippen LogP contribution >= 0.6 is 7.82 Å². The van der Waals surface area contributed by atoms with Crippen LogP contribution in [-0.2, 0) is 32.7 Å². The molecule has 1 saturated carbocycles. The second-order valence-electron chi connectivity index (χ2n) is 15.5. The highest BCUT2D eigenvalue weighted by molar-refractivity contribution is 7.47. The minimum atomic E-state index is -5.12. The summed E-state index contributed by atoms with van der Waals surface area (Å²) in [5.74, 6) is -1.13. The largest absolute Gasteiger partial charge is 0.472 e. The Morgan fingerprint density at radius 1 is 0.525 bits per heavy atom. The fourth-order valence-electron chi connectivity index (χ4n) is 6.46. The monoisotopic (exact) mass is 859 g/mol. The van der Waals surface area contributed by atoms with Crippen LogP contribution in [0.25, 0.3) is 0 Å². The number of hydrogen-bond donors (Lipinski definition) is 6. The lowest BCUT2D eigenvalue weighted by Gasteiger charge is -2.41. The number of carbonyl (C=O) groups is 2. The van der Waals surface area contributed by atoms with E-state index in [-0.39, 0.29) is 12.8 Å². The number of ether oxygens (including phenoxy) is 2. The van der Waals surface area contributed by atoms with Gasteiger partial charge in [-0.05, 0) is 77.0 Å². The second kappa shape index (κ2) is 35.4. The van der Waals surface area contributed by atoms with Crippen molar-refractivity contribution in [3.05, 3.63) is 48.6 Å². The molecule has 0 aromatic carbocycles. The van der Waals surface area contributed by atoms with Crippen molar-refractivity contribution in [2.75, 3.05) is 13.2 Å². The van der Waals surface area contributed by atoms with E-state index in [1.54, 1.807) is 0 Å². The molecule has 14 heteroatoms. The highest BCUT2D eigenvalue weighted by atomic mass is 31.2. The fourth-order valence-corrected chi connectivity index (χ4v) is 7.44. The predicted octanol–water partition coefficient (Wildman–Crippen LogP) is 8.39. The van der Waals surface area contributed by atoms with Gasteiger partial charge in [-0.3, -0.25) is 18.6 Å². The summed E-state index contributed by atoms with van der Waals surface area (Å²) in [5.41, 5.74) is 0. The van der Waals surface area contributed by atoms with Gasteiger partial charge in [0.2, 0.25) is 0 Å². The van der Waals surface area contributed by atoms with Crippen molar-refractivity contribution in [3.8, 4) is 0 Å². The minimum Gasteiger partial charge on any atom is -0.462 e. The van der Waals surface area contributed by atoms with Crippen molar-refractivity contribution in [3.63, 3.8) is 0 Å². The van der Waals surface area contributed by atoms with Gasteiger partial charge in [0.05, 0.1) is 6.61 Å². The smallest absolute Gasteiger partial charge is 0.462 e. The number of phosphoric acid groups is 1. The lowest BCUT2D eigenvalue weighted by atomic mass is 9.85. The Balaban J connectivity index is 2.50. The molecule has 0 saturated heterocycles. The number of allylic oxidation sites excluding steroid dienone is 8. The van der Waals surface area contributed by atoms with E-state index < -0.39 is 75.7 Å². The Hall–Kier alpha value is -2.19. The SMILES string of the molecule is CCCCCC=CCC=CCCCCCCCC(=O)OC[C@@H](COP(=O)(O)OC1[C@H](O)[C@H](O)C(O)[C@H](O)[C@H]1O)OC(=O)CCCCCCCC=CCC=CCCCCC. The summed E-state index contributed by atoms with van der Waals surface area (Å²) in [7, 11) is -5.12. The standard InChI is InChI=1S/C45H79O13P/c1-3-5-7-9-11-13-15-17-19-21-23-25-27-29-31-33-38(46)55-35-37(36-56-59(53,54)58-45-43(51)41(49)40(48)42(50)44(45)52)57-39(47)34-32-30-28-26-24-22-20-18-16-14-12-10-8-6-4-2/h11-14,17-20,37,40-45,48-52H,3-10,15-16,21-36H2,1-2H3,(H,53,54)/t37-,40?,41-,42+,43+,44+,45?/m0/s1. The zero-order valence-corrected chi connectivity index (χ0v) is 36.9. The molecular formula is C45H79O13P. The molecule has 1 fully saturated rings. The molecule has 1 aliphatic carbocycles. The molecule has 342 valence electrons. The van der Waals surface area contributed by atoms with E-state index >= 15 is 0 Å². The van der Waals surface area contributed by atoms with Gasteiger partial charge in [0.1, 0.15) is 43.2 Å². The molecule has 0 heterocycles. The second-order valence-corrected chi connectivity index (χ2v) is 16.9. The van der Waals surface area contributed by atoms with Crippen LogP contribution in [0.1, 0.15) is 168 Å². The first-order chi connectivity index (χ1) is 28.4. The minimum absolute atomic E-state index is 0.0761. The molecule has 0 aliphatic heterocycles. The van der Waals surface area contributed by atoms with Gasteiger partial charge in [-0.1, -0.05) is 127 Å². The summed E-state index contributed by atoms with van der Waals surface area (Å²) >= 11 is 0. The van der Waals surface area contributed by atoms with Gasteiger partial charge >= 0.3 is 19.8 Å². The van der Waals surface area contributed by atoms with Crippen molar-refractivity contribution >= 4 is 19.8 Å². The molecule has 0 spiro atoms. The van der Waals surface area contributed by atoms with Crippen LogP contribution in [0, 0.1) is 0 Å². The molecule has 59 heavy (non-hydrogen) atoms. The molecule has 0 aromatic rings. The number of rotatable bonds is 36. The van der Waals surface area contributed by atoms with E-state index in [0.717, 1.165) is 89.9 Å². The number of aliphatic hydroxyl groups excluding tert-OH is 5. The normalized spacial score (nSPS) is 22.8. The molecule has 13 nitrogen and oxygen atoms in total. The van der Waals surface area contributed by atoms with E-state index in [2.05, 4.69) is 62.5 Å². The summed E-state index contributed by atoms with van der Waals surface area (Å²) in [6, 6.07) is 0. The van der Waals surface area contributed by atoms with E-state index in [1.165, 1.54) is 38.5 Å². The summed E-state index contributed by atoms with van der Waals surface area (Å²) < 4.78 is 33.5. The molecule has 1 aliphatic rings. The molecule has 8 atom stereocenters. The van der Waals surface area contributed by atoms with E-state index in [4.69, 9.17) is 18.5 Å². The van der Waals surface area contributed by atoms with Crippen LogP contribution in [0.5, 0.6) is 0 Å². The first kappa shape index (κ1) is 54.8. The van der Waals surface area contributed by atoms with Crippen molar-refractivity contribution < 1.29 is 63.1 Å². The van der Waals surface area contributed by atoms with Crippen LogP contribution < -0.4 is 0 Å². The average molecular weight is 859 g/mol. The summed E-state index contributed by atoms with van der Waals surface area (Å²) in [4.78, 5) is 35.6. The third-order valence-corrected chi connectivity index (χ3v) is 11.1. The number of phosphoric ester groups is 1. The Labute approximate surface area is 354 Å². The van der Waals surface area contributed by atoms with Gasteiger partial charge in [-0.2, -0.15) is 0 Å². The molecule has 0 aromatic heterocycles. The predicted molar refractivity (Wildman–Crippen MR) is 230 cm³/mol. The van der Waals surface area contributed by atoms with Gasteiger partial charge < -0.3 is 39.9 Å². The molecule has 3 unspecified atom stereocenters. The maximum Gasteiger partial charge on any atom is 0.472 e. The molecule has 0 radical (unpaired) electrons. The van der Waals surface area contributed by atoms with Crippen LogP contribution in [-0.4, -0.2) is 98.3 Å². The highest BCUT2D eigenvalue weighted by Crippen LogP contribution is 2.47. The number of hydrogen-bond acceptors (Lipinski definition) is 12. The van der Waals surface area contributed by atoms with Gasteiger partial charge in [0.15, 0.2) is 6.10 Å². The zero-order chi connectivity index (χ0) is 43.6. The number of esters is 2. The quantitative estimate of drug-likeness (QED) is 0.0152. The summed E-state index contributed by atoms with van der Waals surface area (Å²) in [6.45, 7) is 3.21. The highest BCUT2D eigenvalue weighted by Gasteiger charge is 2.51. The van der Waals surface area contributed by atoms with Crippen LogP contribution in [0.3, 0.4) is 0 Å². The van der Waals surface area contributed by atoms with Crippen molar-refractivity contribution in [1.82, 2.24) is 0 Å². The maximum absolute atomic E-state index is 12.8. The van der Waals surface area contributed by atoms with Crippen LogP contribution in [0.2, 0.25) is 0 Å². The summed E-state index contributed by atoms with van der Waals surface area (Å²) in [5, 5.41) is 50.1. The first-order valence-corrected chi connectivity index (χ1v) is 23.9. The van der Waals surface area contributed by atoms with Gasteiger partial charge in [-0.25, -0.2) is 4.57 Å². The van der Waals surface area contributed by atoms with Crippen LogP contribution in [0.15, 0.2) is 48.6 Å². The number of carbonyl (C=O) groups excluding carboxylic acids is 2. The Bertz CT molecular complexity index is 1220. The lowest BCUT2D eigenvalue weighted by Crippen LogP contribution is -2.64. The Morgan fingerprint density at radius 2 is 0.915 bits per heavy atom. The Morgan fingerprint density at radius 3 is 1.37 bits per heavy atom. The van der Waals surface area contributed by atoms with Crippen molar-refractivity contribution in [2.24, 2.45) is 0 Å². The van der Waals surface area contributed by atoms with Gasteiger partial charge in [0.25, 0.3) is 0 Å². The summed E-state index contributed by atoms with van der Waals surface area (Å²) in [6.07, 6.45) is 27.3. The topological polar surface area (TPSA) is 210 Å². The van der Waals surface area contributed by atoms with Gasteiger partial charge in [-0.15, -0.1) is 0 Å². The third-order valence-electron chi connectivity index (χ3n) is 10.1. The maximum atomic E-state index is 12.8. The molecular weight excluding hydrogens is 779 g/mol. The first-order valence-electron chi connectivity index (χ1n) is 22.4. The van der Waals surface area contributed by atoms with Crippen molar-refractivity contribution in [2.45, 2.75) is 211 Å². The van der Waals surface area contributed by atoms with Gasteiger partial charge in [0, 0.05) is 12.8 Å². The fraction of sp³-hybridized carbons (Fsp3) is 0.778. The van der Waals surface area contributed by atoms with E-state index in [9.17, 15) is 44.6 Å². The van der Waals surface area contributed by atoms with Crippen molar-refractivity contribution in [1.29, 1.82) is 0 Å². The van der Waals surface area contributed by atoms with Crippen LogP contribution in [0.4, 0.5) is 0 Å². The van der Waals surface area contributed by atoms with E-state index in [1.807, 2.05) is 0 Å². The zero-order valence-electron chi connectivity index (χ0n) is 36.0. The third kappa shape index (κ3) is 28.1. The number of unbranched alkanes of at least 4 members (excludes halogenated alkanes) is 16. The molecule has 0 amide bonds. The average Bonchev–Trinajstić information content (AvgIpc) is 3.21. The Kier molecular flexibility index (Phi) is 32.9. The number of aliphatic hydroxyl groups is 5. The van der Waals surface area contributed by atoms with E-state index in [0.29, 0.717) is 12.8 Å². The molecule has 0 bridgehead atoms. The lowest BCUT2D eigenvalue weighted by molar-refractivity contribution is -0.220. The molecule has 1 rings (SSSR count).